The molecule has 1 aliphatic carbocycles. The van der Waals surface area contributed by atoms with Gasteiger partial charge in [-0.1, -0.05) is 18.9 Å². The summed E-state index contributed by atoms with van der Waals surface area (Å²) < 4.78 is 0. The minimum Gasteiger partial charge on any atom is -0.353 e. The first kappa shape index (κ1) is 18.4. The van der Waals surface area contributed by atoms with Gasteiger partial charge in [0.2, 0.25) is 11.8 Å². The molecule has 138 valence electrons. The molecule has 6 heteroatoms. The van der Waals surface area contributed by atoms with Crippen LogP contribution in [0.2, 0.25) is 0 Å². The van der Waals surface area contributed by atoms with Crippen molar-refractivity contribution in [2.45, 2.75) is 44.2 Å². The van der Waals surface area contributed by atoms with Gasteiger partial charge in [0, 0.05) is 30.9 Å². The maximum atomic E-state index is 13.0. The third-order valence-corrected chi connectivity index (χ3v) is 6.54. The summed E-state index contributed by atoms with van der Waals surface area (Å²) in [6.07, 6.45) is 4.95. The molecule has 0 aromatic carbocycles. The molecule has 3 rings (SSSR count). The van der Waals surface area contributed by atoms with Crippen molar-refractivity contribution >= 4 is 23.2 Å². The molecular weight excluding hydrogens is 334 g/mol. The molecule has 2 amide bonds. The maximum absolute atomic E-state index is 13.0. The van der Waals surface area contributed by atoms with Crippen molar-refractivity contribution in [1.29, 1.82) is 0 Å². The van der Waals surface area contributed by atoms with E-state index in [9.17, 15) is 9.59 Å². The van der Waals surface area contributed by atoms with Crippen LogP contribution in [0.25, 0.3) is 0 Å². The first-order valence-corrected chi connectivity index (χ1v) is 10.1. The zero-order valence-corrected chi connectivity index (χ0v) is 16.2. The number of hydrogen-bond donors (Lipinski definition) is 1. The van der Waals surface area contributed by atoms with Crippen molar-refractivity contribution < 1.29 is 9.59 Å². The molecule has 1 N–H and O–H groups in total. The summed E-state index contributed by atoms with van der Waals surface area (Å²) in [4.78, 5) is 30.3. The summed E-state index contributed by atoms with van der Waals surface area (Å²) in [5.41, 5.74) is 0. The minimum absolute atomic E-state index is 0.0479. The second-order valence-electron chi connectivity index (χ2n) is 7.70. The minimum atomic E-state index is -0.280. The molecule has 2 aliphatic rings. The van der Waals surface area contributed by atoms with Gasteiger partial charge < -0.3 is 15.1 Å². The Hall–Kier alpha value is -1.40. The van der Waals surface area contributed by atoms with Crippen molar-refractivity contribution in [3.05, 3.63) is 22.4 Å². The number of amides is 2. The summed E-state index contributed by atoms with van der Waals surface area (Å²) in [5, 5.41) is 5.32. The van der Waals surface area contributed by atoms with E-state index in [-0.39, 0.29) is 29.8 Å². The monoisotopic (exact) mass is 363 g/mol. The van der Waals surface area contributed by atoms with Crippen LogP contribution in [0.4, 0.5) is 0 Å². The van der Waals surface area contributed by atoms with Crippen molar-refractivity contribution in [3.63, 3.8) is 0 Å². The molecule has 0 radical (unpaired) electrons. The molecule has 1 aliphatic heterocycles. The van der Waals surface area contributed by atoms with Crippen molar-refractivity contribution in [1.82, 2.24) is 15.1 Å². The van der Waals surface area contributed by atoms with Gasteiger partial charge in [0.25, 0.3) is 0 Å². The van der Waals surface area contributed by atoms with Crippen molar-refractivity contribution in [3.8, 4) is 0 Å². The van der Waals surface area contributed by atoms with E-state index < -0.39 is 0 Å². The number of carbonyl (C=O) groups excluding carboxylic acids is 2. The number of nitrogens with zero attached hydrogens (tertiary/aromatic N) is 2. The molecule has 0 spiro atoms. The van der Waals surface area contributed by atoms with Gasteiger partial charge in [-0.3, -0.25) is 9.59 Å². The Kier molecular flexibility index (Phi) is 5.79. The van der Waals surface area contributed by atoms with Crippen LogP contribution in [0.1, 0.15) is 43.0 Å². The lowest BCUT2D eigenvalue weighted by atomic mass is 9.83. The van der Waals surface area contributed by atoms with E-state index in [1.807, 2.05) is 24.6 Å². The van der Waals surface area contributed by atoms with Gasteiger partial charge in [0.1, 0.15) is 0 Å². The first-order chi connectivity index (χ1) is 12.0. The van der Waals surface area contributed by atoms with Crippen LogP contribution in [-0.4, -0.2) is 55.3 Å². The molecule has 1 saturated heterocycles. The van der Waals surface area contributed by atoms with Crippen LogP contribution in [0, 0.1) is 11.8 Å². The third-order valence-electron chi connectivity index (χ3n) is 5.59. The quantitative estimate of drug-likeness (QED) is 0.874. The van der Waals surface area contributed by atoms with Gasteiger partial charge in [-0.15, -0.1) is 11.3 Å². The second kappa shape index (κ2) is 7.87. The Labute approximate surface area is 154 Å². The van der Waals surface area contributed by atoms with Gasteiger partial charge >= 0.3 is 0 Å². The van der Waals surface area contributed by atoms with Gasteiger partial charge in [0.05, 0.1) is 12.0 Å². The van der Waals surface area contributed by atoms with Gasteiger partial charge in [-0.05, 0) is 44.3 Å². The van der Waals surface area contributed by atoms with Crippen molar-refractivity contribution in [2.24, 2.45) is 11.8 Å². The van der Waals surface area contributed by atoms with E-state index in [4.69, 9.17) is 0 Å². The van der Waals surface area contributed by atoms with Crippen LogP contribution >= 0.6 is 11.3 Å². The third kappa shape index (κ3) is 4.06. The fourth-order valence-corrected chi connectivity index (χ4v) is 5.26. The second-order valence-corrected chi connectivity index (χ2v) is 8.68. The predicted octanol–water partition coefficient (Wildman–Crippen LogP) is 2.50. The molecule has 2 fully saturated rings. The SMILES string of the molecule is CN(C)CC1CCCCC1NC(=O)C1CC(=O)N(C)C1c1cccs1. The summed E-state index contributed by atoms with van der Waals surface area (Å²) in [6.45, 7) is 1.00. The Morgan fingerprint density at radius 1 is 1.36 bits per heavy atom. The Morgan fingerprint density at radius 2 is 2.12 bits per heavy atom. The van der Waals surface area contributed by atoms with Crippen LogP contribution in [0.15, 0.2) is 17.5 Å². The largest absolute Gasteiger partial charge is 0.353 e. The normalized spacial score (nSPS) is 30.1. The first-order valence-electron chi connectivity index (χ1n) is 9.21. The fourth-order valence-electron chi connectivity index (χ4n) is 4.33. The Bertz CT molecular complexity index is 602. The lowest BCUT2D eigenvalue weighted by Gasteiger charge is -2.35. The van der Waals surface area contributed by atoms with Gasteiger partial charge in [-0.2, -0.15) is 0 Å². The molecule has 4 unspecified atom stereocenters. The molecule has 1 aromatic rings. The lowest BCUT2D eigenvalue weighted by molar-refractivity contribution is -0.128. The van der Waals surface area contributed by atoms with E-state index in [2.05, 4.69) is 24.3 Å². The highest BCUT2D eigenvalue weighted by Gasteiger charge is 2.44. The summed E-state index contributed by atoms with van der Waals surface area (Å²) in [7, 11) is 5.99. The molecule has 2 heterocycles. The lowest BCUT2D eigenvalue weighted by Crippen LogP contribution is -2.47. The zero-order valence-electron chi connectivity index (χ0n) is 15.4. The van der Waals surface area contributed by atoms with E-state index in [0.29, 0.717) is 12.3 Å². The van der Waals surface area contributed by atoms with E-state index in [1.165, 1.54) is 19.3 Å². The average molecular weight is 364 g/mol. The van der Waals surface area contributed by atoms with E-state index in [1.54, 1.807) is 16.2 Å². The molecular formula is C19H29N3O2S. The van der Waals surface area contributed by atoms with Crippen LogP contribution in [-0.2, 0) is 9.59 Å². The maximum Gasteiger partial charge on any atom is 0.226 e. The number of carbonyl (C=O) groups is 2. The smallest absolute Gasteiger partial charge is 0.226 e. The average Bonchev–Trinajstić information content (AvgIpc) is 3.18. The molecule has 5 nitrogen and oxygen atoms in total. The zero-order chi connectivity index (χ0) is 18.0. The molecule has 4 atom stereocenters. The molecule has 1 saturated carbocycles. The molecule has 0 bridgehead atoms. The predicted molar refractivity (Wildman–Crippen MR) is 100 cm³/mol. The number of nitrogens with one attached hydrogen (secondary N) is 1. The van der Waals surface area contributed by atoms with Crippen LogP contribution in [0.3, 0.4) is 0 Å². The number of hydrogen-bond acceptors (Lipinski definition) is 4. The topological polar surface area (TPSA) is 52.7 Å². The summed E-state index contributed by atoms with van der Waals surface area (Å²) in [6, 6.07) is 4.12. The highest BCUT2D eigenvalue weighted by molar-refractivity contribution is 7.10. The van der Waals surface area contributed by atoms with Gasteiger partial charge in [-0.25, -0.2) is 0 Å². The molecule has 25 heavy (non-hydrogen) atoms. The Morgan fingerprint density at radius 3 is 2.80 bits per heavy atom. The van der Waals surface area contributed by atoms with E-state index >= 15 is 0 Å². The highest BCUT2D eigenvalue weighted by atomic mass is 32.1. The highest BCUT2D eigenvalue weighted by Crippen LogP contribution is 2.39. The summed E-state index contributed by atoms with van der Waals surface area (Å²) >= 11 is 1.62. The van der Waals surface area contributed by atoms with Crippen LogP contribution in [0.5, 0.6) is 0 Å². The van der Waals surface area contributed by atoms with Crippen molar-refractivity contribution in [2.75, 3.05) is 27.7 Å². The number of likely N-dealkylation sites (tertiary alicyclic amines) is 1. The van der Waals surface area contributed by atoms with Gasteiger partial charge in [0.15, 0.2) is 0 Å². The standard InChI is InChI=1S/C19H29N3O2S/c1-21(2)12-13-7-4-5-8-15(13)20-19(24)14-11-17(23)22(3)18(14)16-9-6-10-25-16/h6,9-10,13-15,18H,4-5,7-8,11-12H2,1-3H3,(H,20,24). The number of rotatable bonds is 5. The number of thiophene rings is 1. The fraction of sp³-hybridized carbons (Fsp3) is 0.684. The van der Waals surface area contributed by atoms with Crippen LogP contribution < -0.4 is 5.32 Å². The Balaban J connectivity index is 1.71. The van der Waals surface area contributed by atoms with E-state index in [0.717, 1.165) is 17.8 Å². The molecule has 1 aromatic heterocycles. The summed E-state index contributed by atoms with van der Waals surface area (Å²) in [5.74, 6) is 0.333.